The third-order valence-corrected chi connectivity index (χ3v) is 6.02. The number of rotatable bonds is 6. The van der Waals surface area contributed by atoms with Gasteiger partial charge in [-0.1, -0.05) is 30.3 Å². The highest BCUT2D eigenvalue weighted by molar-refractivity contribution is 6.02. The van der Waals surface area contributed by atoms with Crippen molar-refractivity contribution in [2.75, 3.05) is 18.5 Å². The van der Waals surface area contributed by atoms with Crippen LogP contribution in [0.2, 0.25) is 0 Å². The van der Waals surface area contributed by atoms with Gasteiger partial charge in [0.05, 0.1) is 11.8 Å². The Morgan fingerprint density at radius 3 is 2.83 bits per heavy atom. The molecule has 0 radical (unpaired) electrons. The lowest BCUT2D eigenvalue weighted by Gasteiger charge is -2.37. The van der Waals surface area contributed by atoms with Crippen molar-refractivity contribution in [3.05, 3.63) is 59.7 Å². The molecule has 2 unspecified atom stereocenters. The Morgan fingerprint density at radius 2 is 2.03 bits per heavy atom. The van der Waals surface area contributed by atoms with E-state index in [1.165, 1.54) is 5.56 Å². The standard InChI is InChI=1S/C25H29NO3/c1-17(7-6-10-18-8-4-3-5-9-18)29-21-14-23-25(24(28)15-21)22-13-20(27)12-11-19(22)16-26(23)2/h3-5,8-9,13-15,17,19,28H,6-7,10-12,16H2,1-2H3. The Labute approximate surface area is 172 Å². The zero-order valence-corrected chi connectivity index (χ0v) is 17.2. The van der Waals surface area contributed by atoms with E-state index in [-0.39, 0.29) is 17.6 Å². The molecule has 2 aliphatic rings. The van der Waals surface area contributed by atoms with E-state index in [4.69, 9.17) is 4.74 Å². The SMILES string of the molecule is CC(CCCc1ccccc1)Oc1cc(O)c2c(c1)N(C)CC1CCC(=O)C=C21. The number of anilines is 1. The molecule has 0 saturated carbocycles. The number of hydrogen-bond donors (Lipinski definition) is 1. The maximum absolute atomic E-state index is 11.9. The van der Waals surface area contributed by atoms with Crippen molar-refractivity contribution in [1.29, 1.82) is 0 Å². The predicted molar refractivity (Wildman–Crippen MR) is 117 cm³/mol. The van der Waals surface area contributed by atoms with Gasteiger partial charge in [-0.3, -0.25) is 4.79 Å². The maximum atomic E-state index is 11.9. The van der Waals surface area contributed by atoms with Crippen molar-refractivity contribution in [1.82, 2.24) is 0 Å². The highest BCUT2D eigenvalue weighted by Crippen LogP contribution is 2.47. The van der Waals surface area contributed by atoms with Crippen LogP contribution in [0.5, 0.6) is 11.5 Å². The van der Waals surface area contributed by atoms with Gasteiger partial charge in [0.2, 0.25) is 0 Å². The first kappa shape index (κ1) is 19.6. The van der Waals surface area contributed by atoms with Crippen LogP contribution in [0.25, 0.3) is 5.57 Å². The first-order valence-electron chi connectivity index (χ1n) is 10.5. The molecule has 1 aliphatic heterocycles. The first-order valence-corrected chi connectivity index (χ1v) is 10.5. The van der Waals surface area contributed by atoms with Crippen LogP contribution >= 0.6 is 0 Å². The van der Waals surface area contributed by atoms with E-state index in [0.29, 0.717) is 18.1 Å². The summed E-state index contributed by atoms with van der Waals surface area (Å²) in [4.78, 5) is 14.1. The molecule has 1 N–H and O–H groups in total. The van der Waals surface area contributed by atoms with E-state index in [0.717, 1.165) is 49.1 Å². The fraction of sp³-hybridized carbons (Fsp3) is 0.400. The molecule has 2 aromatic carbocycles. The van der Waals surface area contributed by atoms with Crippen LogP contribution in [0.3, 0.4) is 0 Å². The number of allylic oxidation sites excluding steroid dienone is 1. The number of ketones is 1. The monoisotopic (exact) mass is 391 g/mol. The topological polar surface area (TPSA) is 49.8 Å². The molecule has 29 heavy (non-hydrogen) atoms. The van der Waals surface area contributed by atoms with Gasteiger partial charge in [-0.2, -0.15) is 0 Å². The van der Waals surface area contributed by atoms with Gasteiger partial charge >= 0.3 is 0 Å². The Kier molecular flexibility index (Phi) is 5.61. The Bertz CT molecular complexity index is 919. The number of carbonyl (C=O) groups is 1. The van der Waals surface area contributed by atoms with Crippen molar-refractivity contribution in [3.63, 3.8) is 0 Å². The molecule has 4 nitrogen and oxygen atoms in total. The molecule has 4 heteroatoms. The van der Waals surface area contributed by atoms with Crippen molar-refractivity contribution in [2.24, 2.45) is 5.92 Å². The summed E-state index contributed by atoms with van der Waals surface area (Å²) < 4.78 is 6.13. The van der Waals surface area contributed by atoms with Gasteiger partial charge in [0.25, 0.3) is 0 Å². The average molecular weight is 392 g/mol. The summed E-state index contributed by atoms with van der Waals surface area (Å²) in [6.45, 7) is 2.94. The quantitative estimate of drug-likeness (QED) is 0.753. The minimum Gasteiger partial charge on any atom is -0.507 e. The van der Waals surface area contributed by atoms with Gasteiger partial charge in [0, 0.05) is 43.6 Å². The minimum absolute atomic E-state index is 0.0632. The lowest BCUT2D eigenvalue weighted by Crippen LogP contribution is -2.33. The van der Waals surface area contributed by atoms with E-state index in [1.54, 1.807) is 12.1 Å². The number of hydrogen-bond acceptors (Lipinski definition) is 4. The summed E-state index contributed by atoms with van der Waals surface area (Å²) >= 11 is 0. The summed E-state index contributed by atoms with van der Waals surface area (Å²) in [6.07, 6.45) is 6.28. The number of nitrogens with zero attached hydrogens (tertiary/aromatic N) is 1. The molecule has 0 amide bonds. The normalized spacial score (nSPS) is 19.2. The molecule has 0 bridgehead atoms. The molecule has 0 saturated heterocycles. The predicted octanol–water partition coefficient (Wildman–Crippen LogP) is 4.99. The summed E-state index contributed by atoms with van der Waals surface area (Å²) in [5, 5.41) is 10.8. The Hall–Kier alpha value is -2.75. The molecule has 0 spiro atoms. The second-order valence-electron chi connectivity index (χ2n) is 8.32. The fourth-order valence-corrected chi connectivity index (χ4v) is 4.51. The number of phenols is 1. The van der Waals surface area contributed by atoms with Gasteiger partial charge in [-0.15, -0.1) is 0 Å². The molecular weight excluding hydrogens is 362 g/mol. The fourth-order valence-electron chi connectivity index (χ4n) is 4.51. The van der Waals surface area contributed by atoms with Gasteiger partial charge < -0.3 is 14.7 Å². The van der Waals surface area contributed by atoms with Crippen LogP contribution in [-0.4, -0.2) is 30.6 Å². The molecule has 4 rings (SSSR count). The van der Waals surface area contributed by atoms with Crippen molar-refractivity contribution in [2.45, 2.75) is 45.1 Å². The van der Waals surface area contributed by atoms with E-state index in [2.05, 4.69) is 36.1 Å². The Balaban J connectivity index is 1.46. The molecule has 152 valence electrons. The maximum Gasteiger partial charge on any atom is 0.156 e. The van der Waals surface area contributed by atoms with Crippen LogP contribution in [-0.2, 0) is 11.2 Å². The van der Waals surface area contributed by atoms with Crippen LogP contribution in [0, 0.1) is 5.92 Å². The Morgan fingerprint density at radius 1 is 1.24 bits per heavy atom. The lowest BCUT2D eigenvalue weighted by atomic mass is 9.79. The van der Waals surface area contributed by atoms with Crippen molar-refractivity contribution >= 4 is 17.0 Å². The zero-order chi connectivity index (χ0) is 20.4. The van der Waals surface area contributed by atoms with Crippen LogP contribution in [0.1, 0.15) is 43.7 Å². The minimum atomic E-state index is 0.0632. The number of aromatic hydroxyl groups is 1. The molecule has 0 aromatic heterocycles. The van der Waals surface area contributed by atoms with Gasteiger partial charge in [0.15, 0.2) is 5.78 Å². The number of phenolic OH excluding ortho intramolecular Hbond substituents is 1. The highest BCUT2D eigenvalue weighted by Gasteiger charge is 2.33. The number of fused-ring (bicyclic) bond motifs is 3. The van der Waals surface area contributed by atoms with E-state index in [1.807, 2.05) is 19.2 Å². The number of benzene rings is 2. The van der Waals surface area contributed by atoms with Gasteiger partial charge in [-0.05, 0) is 49.8 Å². The van der Waals surface area contributed by atoms with Crippen LogP contribution in [0.15, 0.2) is 48.5 Å². The number of ether oxygens (including phenoxy) is 1. The summed E-state index contributed by atoms with van der Waals surface area (Å²) in [5.41, 5.74) is 4.06. The van der Waals surface area contributed by atoms with E-state index in [9.17, 15) is 9.90 Å². The average Bonchev–Trinajstić information content (AvgIpc) is 2.69. The summed E-state index contributed by atoms with van der Waals surface area (Å²) in [5.74, 6) is 1.34. The highest BCUT2D eigenvalue weighted by atomic mass is 16.5. The molecular formula is C25H29NO3. The smallest absolute Gasteiger partial charge is 0.156 e. The third-order valence-electron chi connectivity index (χ3n) is 6.02. The van der Waals surface area contributed by atoms with Gasteiger partial charge in [0.1, 0.15) is 11.5 Å². The number of carbonyl (C=O) groups excluding carboxylic acids is 1. The zero-order valence-electron chi connectivity index (χ0n) is 17.2. The van der Waals surface area contributed by atoms with Crippen LogP contribution < -0.4 is 9.64 Å². The molecule has 0 fully saturated rings. The van der Waals surface area contributed by atoms with Gasteiger partial charge in [-0.25, -0.2) is 0 Å². The molecule has 1 aliphatic carbocycles. The molecule has 2 atom stereocenters. The van der Waals surface area contributed by atoms with Crippen molar-refractivity contribution in [3.8, 4) is 11.5 Å². The first-order chi connectivity index (χ1) is 14.0. The van der Waals surface area contributed by atoms with E-state index < -0.39 is 0 Å². The van der Waals surface area contributed by atoms with Crippen LogP contribution in [0.4, 0.5) is 5.69 Å². The number of aryl methyl sites for hydroxylation is 1. The van der Waals surface area contributed by atoms with E-state index >= 15 is 0 Å². The summed E-state index contributed by atoms with van der Waals surface area (Å²) in [6, 6.07) is 14.2. The second-order valence-corrected chi connectivity index (χ2v) is 8.32. The van der Waals surface area contributed by atoms with Crippen molar-refractivity contribution < 1.29 is 14.6 Å². The molecule has 2 aromatic rings. The molecule has 1 heterocycles. The lowest BCUT2D eigenvalue weighted by molar-refractivity contribution is -0.115. The third kappa shape index (κ3) is 4.31. The second kappa shape index (κ2) is 8.32. The largest absolute Gasteiger partial charge is 0.507 e. The summed E-state index contributed by atoms with van der Waals surface area (Å²) in [7, 11) is 2.04.